The zero-order valence-corrected chi connectivity index (χ0v) is 18.6. The van der Waals surface area contributed by atoms with Crippen LogP contribution in [-0.4, -0.2) is 73.3 Å². The summed E-state index contributed by atoms with van der Waals surface area (Å²) in [6.45, 7) is 0.0299. The van der Waals surface area contributed by atoms with Crippen molar-refractivity contribution in [2.45, 2.75) is 17.8 Å². The lowest BCUT2D eigenvalue weighted by Crippen LogP contribution is -2.70. The number of amides is 4. The van der Waals surface area contributed by atoms with E-state index in [2.05, 4.69) is 33.4 Å². The molecule has 1 aromatic heterocycles. The van der Waals surface area contributed by atoms with E-state index >= 15 is 0 Å². The SMILES string of the molecule is NC(=O)C(=O)NCCC1=C(C(=O)S)N2C(=O)C(NC(=O)/C(=N\O)c3csc(N)n3)[C@H]2SC1. The summed E-state index contributed by atoms with van der Waals surface area (Å²) in [5.74, 6) is -3.17. The molecule has 0 bridgehead atoms. The predicted molar refractivity (Wildman–Crippen MR) is 118 cm³/mol. The second kappa shape index (κ2) is 9.58. The Labute approximate surface area is 194 Å². The maximum absolute atomic E-state index is 12.7. The van der Waals surface area contributed by atoms with Gasteiger partial charge in [-0.2, -0.15) is 0 Å². The molecule has 16 heteroatoms. The molecular formula is C16H17N7O6S3. The van der Waals surface area contributed by atoms with Crippen molar-refractivity contribution < 1.29 is 29.2 Å². The van der Waals surface area contributed by atoms with Gasteiger partial charge in [0.1, 0.15) is 17.1 Å². The number of nitrogen functional groups attached to an aromatic ring is 1. The Kier molecular flexibility index (Phi) is 7.05. The first-order chi connectivity index (χ1) is 15.1. The highest BCUT2D eigenvalue weighted by molar-refractivity contribution is 8.00. The molecule has 170 valence electrons. The molecule has 2 aliphatic rings. The zero-order chi connectivity index (χ0) is 23.6. The highest BCUT2D eigenvalue weighted by Crippen LogP contribution is 2.41. The molecule has 1 aromatic rings. The maximum atomic E-state index is 12.7. The van der Waals surface area contributed by atoms with Crippen LogP contribution in [0.15, 0.2) is 21.8 Å². The van der Waals surface area contributed by atoms with Crippen molar-refractivity contribution in [2.24, 2.45) is 10.9 Å². The van der Waals surface area contributed by atoms with Gasteiger partial charge in [-0.05, 0) is 12.0 Å². The fourth-order valence-corrected chi connectivity index (χ4v) is 5.31. The van der Waals surface area contributed by atoms with Crippen molar-refractivity contribution in [3.63, 3.8) is 0 Å². The van der Waals surface area contributed by atoms with E-state index in [0.717, 1.165) is 11.3 Å². The number of oxime groups is 1. The van der Waals surface area contributed by atoms with E-state index in [9.17, 15) is 29.2 Å². The lowest BCUT2D eigenvalue weighted by atomic mass is 10.0. The summed E-state index contributed by atoms with van der Waals surface area (Å²) in [5.41, 5.74) is 10.6. The highest BCUT2D eigenvalue weighted by Gasteiger charge is 2.53. The molecule has 1 unspecified atom stereocenters. The van der Waals surface area contributed by atoms with Crippen molar-refractivity contribution in [3.05, 3.63) is 22.3 Å². The molecule has 0 aromatic carbocycles. The van der Waals surface area contributed by atoms with Crippen LogP contribution in [0.2, 0.25) is 0 Å². The normalized spacial score (nSPS) is 20.3. The third kappa shape index (κ3) is 4.56. The molecule has 3 rings (SSSR count). The molecule has 0 aliphatic carbocycles. The lowest BCUT2D eigenvalue weighted by Gasteiger charge is -2.49. The van der Waals surface area contributed by atoms with Crippen LogP contribution >= 0.6 is 35.7 Å². The summed E-state index contributed by atoms with van der Waals surface area (Å²) in [4.78, 5) is 64.5. The van der Waals surface area contributed by atoms with E-state index in [1.807, 2.05) is 0 Å². The van der Waals surface area contributed by atoms with Gasteiger partial charge in [0, 0.05) is 17.7 Å². The van der Waals surface area contributed by atoms with Crippen LogP contribution in [0.5, 0.6) is 0 Å². The van der Waals surface area contributed by atoms with Gasteiger partial charge >= 0.3 is 11.8 Å². The van der Waals surface area contributed by atoms with E-state index in [1.165, 1.54) is 22.0 Å². The van der Waals surface area contributed by atoms with Crippen LogP contribution in [0.4, 0.5) is 5.13 Å². The van der Waals surface area contributed by atoms with Crippen LogP contribution in [0, 0.1) is 0 Å². The van der Waals surface area contributed by atoms with E-state index in [4.69, 9.17) is 11.5 Å². The minimum atomic E-state index is -1.13. The number of nitrogens with two attached hydrogens (primary N) is 2. The van der Waals surface area contributed by atoms with Gasteiger partial charge in [-0.3, -0.25) is 28.9 Å². The van der Waals surface area contributed by atoms with Crippen molar-refractivity contribution in [2.75, 3.05) is 18.0 Å². The number of thiazole rings is 1. The molecule has 0 saturated carbocycles. The number of hydrogen-bond acceptors (Lipinski definition) is 11. The highest BCUT2D eigenvalue weighted by atomic mass is 32.2. The summed E-state index contributed by atoms with van der Waals surface area (Å²) in [6, 6.07) is -0.973. The second-order valence-corrected chi connectivity index (χ2v) is 8.91. The third-order valence-electron chi connectivity index (χ3n) is 4.55. The smallest absolute Gasteiger partial charge is 0.309 e. The quantitative estimate of drug-likeness (QED) is 0.0611. The number of primary amides is 1. The molecule has 1 fully saturated rings. The molecular weight excluding hydrogens is 482 g/mol. The molecule has 0 spiro atoms. The lowest BCUT2D eigenvalue weighted by molar-refractivity contribution is -0.146. The van der Waals surface area contributed by atoms with Crippen molar-refractivity contribution in [1.29, 1.82) is 0 Å². The minimum absolute atomic E-state index is 0.0299. The maximum Gasteiger partial charge on any atom is 0.309 e. The van der Waals surface area contributed by atoms with Crippen molar-refractivity contribution in [3.8, 4) is 0 Å². The average molecular weight is 500 g/mol. The van der Waals surface area contributed by atoms with Gasteiger partial charge < -0.3 is 27.3 Å². The molecule has 13 nitrogen and oxygen atoms in total. The van der Waals surface area contributed by atoms with Gasteiger partial charge in [0.2, 0.25) is 5.12 Å². The number of hydrogen-bond donors (Lipinski definition) is 6. The fraction of sp³-hybridized carbons (Fsp3) is 0.312. The zero-order valence-electron chi connectivity index (χ0n) is 16.1. The predicted octanol–water partition coefficient (Wildman–Crippen LogP) is -1.99. The number of anilines is 1. The summed E-state index contributed by atoms with van der Waals surface area (Å²) < 4.78 is 0. The summed E-state index contributed by atoms with van der Waals surface area (Å²) >= 11 is 6.18. The number of carbonyl (C=O) groups excluding carboxylic acids is 5. The van der Waals surface area contributed by atoms with Crippen LogP contribution in [-0.2, 0) is 24.0 Å². The number of aromatic nitrogens is 1. The average Bonchev–Trinajstić information content (AvgIpc) is 3.17. The van der Waals surface area contributed by atoms with E-state index in [-0.39, 0.29) is 29.5 Å². The van der Waals surface area contributed by atoms with Crippen LogP contribution in [0.3, 0.4) is 0 Å². The monoisotopic (exact) mass is 499 g/mol. The van der Waals surface area contributed by atoms with Crippen LogP contribution < -0.4 is 22.1 Å². The molecule has 4 amide bonds. The summed E-state index contributed by atoms with van der Waals surface area (Å²) in [6.07, 6.45) is 0.188. The molecule has 32 heavy (non-hydrogen) atoms. The number of nitrogens with one attached hydrogen (secondary N) is 2. The standard InChI is InChI=1S/C16H17N7O6S3/c17-10(24)12(26)19-2-1-5-3-31-14-8(13(27)23(14)9(5)15(28)30)21-11(25)7(22-29)6-4-32-16(18)20-6/h4,8,14,29H,1-3H2,(H2,17,24)(H2,18,20)(H,19,26)(H,21,25)(H,28,30)/b22-7-/t8?,14-/m1/s1. The van der Waals surface area contributed by atoms with Gasteiger partial charge in [0.15, 0.2) is 10.8 Å². The number of thioether (sulfide) groups is 1. The van der Waals surface area contributed by atoms with Gasteiger partial charge in [-0.1, -0.05) is 17.8 Å². The fourth-order valence-electron chi connectivity index (χ4n) is 3.11. The number of nitrogens with zero attached hydrogens (tertiary/aromatic N) is 3. The Bertz CT molecular complexity index is 1070. The van der Waals surface area contributed by atoms with E-state index in [0.29, 0.717) is 11.3 Å². The minimum Gasteiger partial charge on any atom is -0.410 e. The van der Waals surface area contributed by atoms with E-state index < -0.39 is 45.9 Å². The number of fused-ring (bicyclic) bond motifs is 1. The number of rotatable bonds is 7. The Morgan fingerprint density at radius 2 is 2.06 bits per heavy atom. The molecule has 2 aliphatic heterocycles. The van der Waals surface area contributed by atoms with Gasteiger partial charge in [-0.15, -0.1) is 23.1 Å². The van der Waals surface area contributed by atoms with E-state index in [1.54, 1.807) is 0 Å². The number of carbonyl (C=O) groups is 5. The van der Waals surface area contributed by atoms with Gasteiger partial charge in [-0.25, -0.2) is 4.98 Å². The first kappa shape index (κ1) is 23.6. The number of β-lactam (4-membered cyclic amide) rings is 1. The Hall–Kier alpha value is -3.11. The van der Waals surface area contributed by atoms with Crippen LogP contribution in [0.25, 0.3) is 0 Å². The number of thiol groups is 1. The summed E-state index contributed by atoms with van der Waals surface area (Å²) in [5, 5.41) is 17.3. The first-order valence-corrected chi connectivity index (χ1v) is 11.2. The Morgan fingerprint density at radius 3 is 2.62 bits per heavy atom. The van der Waals surface area contributed by atoms with Gasteiger partial charge in [0.25, 0.3) is 11.8 Å². The molecule has 3 heterocycles. The molecule has 2 atom stereocenters. The topological polar surface area (TPSA) is 210 Å². The third-order valence-corrected chi connectivity index (χ3v) is 6.78. The second-order valence-electron chi connectivity index (χ2n) is 6.51. The molecule has 0 radical (unpaired) electrons. The summed E-state index contributed by atoms with van der Waals surface area (Å²) in [7, 11) is 0. The van der Waals surface area contributed by atoms with Crippen molar-refractivity contribution >= 4 is 75.3 Å². The first-order valence-electron chi connectivity index (χ1n) is 8.87. The van der Waals surface area contributed by atoms with Crippen molar-refractivity contribution in [1.82, 2.24) is 20.5 Å². The largest absolute Gasteiger partial charge is 0.410 e. The molecule has 1 saturated heterocycles. The Balaban J connectivity index is 1.70. The van der Waals surface area contributed by atoms with Gasteiger partial charge in [0.05, 0.1) is 5.70 Å². The Morgan fingerprint density at radius 1 is 1.34 bits per heavy atom. The molecule has 7 N–H and O–H groups in total. The van der Waals surface area contributed by atoms with Crippen LogP contribution in [0.1, 0.15) is 12.1 Å².